The summed E-state index contributed by atoms with van der Waals surface area (Å²) in [5.41, 5.74) is 0.614. The highest BCUT2D eigenvalue weighted by Crippen LogP contribution is 2.31. The van der Waals surface area contributed by atoms with Crippen molar-refractivity contribution < 1.29 is 22.7 Å². The molecule has 2 rings (SSSR count). The van der Waals surface area contributed by atoms with E-state index in [9.17, 15) is 13.6 Å². The zero-order chi connectivity index (χ0) is 15.6. The van der Waals surface area contributed by atoms with E-state index in [4.69, 9.17) is 9.15 Å². The second kappa shape index (κ2) is 6.34. The summed E-state index contributed by atoms with van der Waals surface area (Å²) in [6.07, 6.45) is -2.92. The Labute approximate surface area is 128 Å². The topological polar surface area (TPSA) is 52.3 Å². The van der Waals surface area contributed by atoms with E-state index in [2.05, 4.69) is 20.9 Å². The van der Waals surface area contributed by atoms with E-state index >= 15 is 0 Å². The molecule has 0 fully saturated rings. The van der Waals surface area contributed by atoms with Gasteiger partial charge in [0, 0.05) is 10.0 Å². The summed E-state index contributed by atoms with van der Waals surface area (Å²) in [6, 6.07) is 5.21. The van der Waals surface area contributed by atoms with Gasteiger partial charge in [0.25, 0.3) is 6.43 Å². The standard InChI is InChI=1S/C14H12BrF2NO3/c1-3-20-14(19)11-10(12(16)17)18-13(21-11)9-5-4-8(15)6-7(9)2/h4-6,12H,3H2,1-2H3. The van der Waals surface area contributed by atoms with E-state index in [0.29, 0.717) is 5.56 Å². The van der Waals surface area contributed by atoms with E-state index < -0.39 is 23.8 Å². The molecule has 2 aromatic rings. The van der Waals surface area contributed by atoms with Crippen molar-refractivity contribution in [2.45, 2.75) is 20.3 Å². The fraction of sp³-hybridized carbons (Fsp3) is 0.286. The second-order valence-electron chi connectivity index (χ2n) is 4.21. The number of alkyl halides is 2. The molecule has 4 nitrogen and oxygen atoms in total. The van der Waals surface area contributed by atoms with Gasteiger partial charge in [0.05, 0.1) is 6.61 Å². The summed E-state index contributed by atoms with van der Waals surface area (Å²) < 4.78 is 36.7. The number of carbonyl (C=O) groups excluding carboxylic acids is 1. The lowest BCUT2D eigenvalue weighted by atomic mass is 10.1. The normalized spacial score (nSPS) is 11.0. The third kappa shape index (κ3) is 3.29. The lowest BCUT2D eigenvalue weighted by molar-refractivity contribution is 0.0476. The first-order valence-corrected chi connectivity index (χ1v) is 6.95. The predicted molar refractivity (Wildman–Crippen MR) is 75.3 cm³/mol. The molecular weight excluding hydrogens is 348 g/mol. The Bertz CT molecular complexity index is 670. The molecular formula is C14H12BrF2NO3. The van der Waals surface area contributed by atoms with Crippen LogP contribution in [0.4, 0.5) is 8.78 Å². The fourth-order valence-electron chi connectivity index (χ4n) is 1.80. The molecule has 0 spiro atoms. The quantitative estimate of drug-likeness (QED) is 0.752. The molecule has 112 valence electrons. The van der Waals surface area contributed by atoms with Gasteiger partial charge in [-0.05, 0) is 37.6 Å². The smallest absolute Gasteiger partial charge is 0.376 e. The molecule has 21 heavy (non-hydrogen) atoms. The Balaban J connectivity index is 2.51. The number of aryl methyl sites for hydroxylation is 1. The minimum absolute atomic E-state index is 0.0293. The lowest BCUT2D eigenvalue weighted by Crippen LogP contribution is -2.06. The van der Waals surface area contributed by atoms with Crippen molar-refractivity contribution in [2.24, 2.45) is 0 Å². The summed E-state index contributed by atoms with van der Waals surface area (Å²) in [7, 11) is 0. The van der Waals surface area contributed by atoms with Gasteiger partial charge in [0.1, 0.15) is 0 Å². The van der Waals surface area contributed by atoms with Gasteiger partial charge in [-0.3, -0.25) is 0 Å². The van der Waals surface area contributed by atoms with Gasteiger partial charge in [-0.2, -0.15) is 0 Å². The third-order valence-electron chi connectivity index (χ3n) is 2.74. The highest BCUT2D eigenvalue weighted by atomic mass is 79.9. The first-order valence-electron chi connectivity index (χ1n) is 6.16. The summed E-state index contributed by atoms with van der Waals surface area (Å²) in [5.74, 6) is -1.52. The zero-order valence-corrected chi connectivity index (χ0v) is 12.9. The van der Waals surface area contributed by atoms with Crippen molar-refractivity contribution in [1.29, 1.82) is 0 Å². The Kier molecular flexibility index (Phi) is 4.72. The number of oxazole rings is 1. The van der Waals surface area contributed by atoms with Gasteiger partial charge < -0.3 is 9.15 Å². The van der Waals surface area contributed by atoms with Crippen LogP contribution < -0.4 is 0 Å². The Morgan fingerprint density at radius 3 is 2.76 bits per heavy atom. The summed E-state index contributed by atoms with van der Waals surface area (Å²) in [5, 5.41) is 0. The molecule has 0 amide bonds. The first-order chi connectivity index (χ1) is 9.93. The molecule has 0 aliphatic rings. The number of rotatable bonds is 4. The van der Waals surface area contributed by atoms with E-state index in [0.717, 1.165) is 10.0 Å². The Hall–Kier alpha value is -1.76. The first kappa shape index (κ1) is 15.6. The molecule has 0 aliphatic carbocycles. The largest absolute Gasteiger partial charge is 0.460 e. The summed E-state index contributed by atoms with van der Waals surface area (Å²) >= 11 is 3.31. The van der Waals surface area contributed by atoms with Crippen LogP contribution in [0.15, 0.2) is 27.1 Å². The molecule has 1 aromatic heterocycles. The van der Waals surface area contributed by atoms with E-state index in [1.807, 2.05) is 0 Å². The number of benzene rings is 1. The molecule has 7 heteroatoms. The molecule has 0 unspecified atom stereocenters. The fourth-order valence-corrected chi connectivity index (χ4v) is 2.28. The van der Waals surface area contributed by atoms with Crippen LogP contribution in [0, 0.1) is 6.92 Å². The maximum Gasteiger partial charge on any atom is 0.376 e. The summed E-state index contributed by atoms with van der Waals surface area (Å²) in [6.45, 7) is 3.43. The van der Waals surface area contributed by atoms with Crippen LogP contribution in [0.25, 0.3) is 11.5 Å². The van der Waals surface area contributed by atoms with Gasteiger partial charge in [-0.1, -0.05) is 15.9 Å². The highest BCUT2D eigenvalue weighted by molar-refractivity contribution is 9.10. The lowest BCUT2D eigenvalue weighted by Gasteiger charge is -2.01. The Morgan fingerprint density at radius 1 is 1.48 bits per heavy atom. The number of esters is 1. The average molecular weight is 360 g/mol. The molecule has 1 heterocycles. The van der Waals surface area contributed by atoms with Gasteiger partial charge in [0.15, 0.2) is 5.69 Å². The molecule has 0 saturated heterocycles. The molecule has 0 aliphatic heterocycles. The van der Waals surface area contributed by atoms with Gasteiger partial charge in [0.2, 0.25) is 11.7 Å². The van der Waals surface area contributed by atoms with Crippen LogP contribution in [0.2, 0.25) is 0 Å². The van der Waals surface area contributed by atoms with Crippen LogP contribution in [0.1, 0.15) is 35.2 Å². The van der Waals surface area contributed by atoms with Crippen molar-refractivity contribution in [3.8, 4) is 11.5 Å². The molecule has 0 atom stereocenters. The van der Waals surface area contributed by atoms with Crippen LogP contribution in [-0.4, -0.2) is 17.6 Å². The summed E-state index contributed by atoms with van der Waals surface area (Å²) in [4.78, 5) is 15.4. The minimum atomic E-state index is -2.92. The van der Waals surface area contributed by atoms with E-state index in [1.54, 1.807) is 32.0 Å². The molecule has 1 aromatic carbocycles. The maximum absolute atomic E-state index is 13.0. The SMILES string of the molecule is CCOC(=O)c1oc(-c2ccc(Br)cc2C)nc1C(F)F. The van der Waals surface area contributed by atoms with Crippen molar-refractivity contribution in [3.63, 3.8) is 0 Å². The molecule has 0 radical (unpaired) electrons. The number of hydrogen-bond donors (Lipinski definition) is 0. The molecule has 0 saturated carbocycles. The van der Waals surface area contributed by atoms with Crippen LogP contribution in [-0.2, 0) is 4.74 Å². The molecule has 0 bridgehead atoms. The Morgan fingerprint density at radius 2 is 2.19 bits per heavy atom. The second-order valence-corrected chi connectivity index (χ2v) is 5.13. The van der Waals surface area contributed by atoms with Crippen molar-refractivity contribution in [2.75, 3.05) is 6.61 Å². The van der Waals surface area contributed by atoms with Crippen LogP contribution in [0.5, 0.6) is 0 Å². The third-order valence-corrected chi connectivity index (χ3v) is 3.23. The van der Waals surface area contributed by atoms with Gasteiger partial charge in [-0.15, -0.1) is 0 Å². The predicted octanol–water partition coefficient (Wildman–Crippen LogP) is 4.53. The van der Waals surface area contributed by atoms with E-state index in [1.165, 1.54) is 0 Å². The van der Waals surface area contributed by atoms with Crippen LogP contribution in [0.3, 0.4) is 0 Å². The highest BCUT2D eigenvalue weighted by Gasteiger charge is 2.28. The number of aromatic nitrogens is 1. The van der Waals surface area contributed by atoms with Gasteiger partial charge >= 0.3 is 5.97 Å². The van der Waals surface area contributed by atoms with Crippen molar-refractivity contribution >= 4 is 21.9 Å². The van der Waals surface area contributed by atoms with Crippen molar-refractivity contribution in [3.05, 3.63) is 39.7 Å². The molecule has 0 N–H and O–H groups in total. The number of ether oxygens (including phenoxy) is 1. The minimum Gasteiger partial charge on any atom is -0.460 e. The van der Waals surface area contributed by atoms with E-state index in [-0.39, 0.29) is 12.5 Å². The monoisotopic (exact) mass is 359 g/mol. The zero-order valence-electron chi connectivity index (χ0n) is 11.3. The number of halogens is 3. The van der Waals surface area contributed by atoms with Crippen molar-refractivity contribution in [1.82, 2.24) is 4.98 Å². The number of hydrogen-bond acceptors (Lipinski definition) is 4. The number of nitrogens with zero attached hydrogens (tertiary/aromatic N) is 1. The van der Waals surface area contributed by atoms with Gasteiger partial charge in [-0.25, -0.2) is 18.6 Å². The number of carbonyl (C=O) groups is 1. The van der Waals surface area contributed by atoms with Crippen LogP contribution >= 0.6 is 15.9 Å². The maximum atomic E-state index is 13.0. The average Bonchev–Trinajstić information content (AvgIpc) is 2.84.